The lowest BCUT2D eigenvalue weighted by Crippen LogP contribution is -2.44. The van der Waals surface area contributed by atoms with E-state index < -0.39 is 0 Å². The number of primary amides is 1. The van der Waals surface area contributed by atoms with E-state index in [2.05, 4.69) is 5.32 Å². The summed E-state index contributed by atoms with van der Waals surface area (Å²) in [5.41, 5.74) is 5.28. The Kier molecular flexibility index (Phi) is 8.85. The Hall–Kier alpha value is -0.260. The number of rotatable bonds is 9. The maximum Gasteiger partial charge on any atom is 0.234 e. The monoisotopic (exact) mass is 234 g/mol. The molecule has 0 aliphatic rings. The Bertz CT molecular complexity index is 177. The highest BCUT2D eigenvalue weighted by molar-refractivity contribution is 7.99. The van der Waals surface area contributed by atoms with Gasteiger partial charge in [-0.1, -0.05) is 13.8 Å². The molecule has 1 unspecified atom stereocenters. The Morgan fingerprint density at radius 2 is 2.13 bits per heavy atom. The summed E-state index contributed by atoms with van der Waals surface area (Å²) in [7, 11) is 0. The van der Waals surface area contributed by atoms with E-state index in [1.54, 1.807) is 11.8 Å². The van der Waals surface area contributed by atoms with Crippen molar-refractivity contribution in [3.63, 3.8) is 0 Å². The van der Waals surface area contributed by atoms with Crippen molar-refractivity contribution in [1.29, 1.82) is 0 Å². The van der Waals surface area contributed by atoms with E-state index in [1.807, 2.05) is 13.8 Å². The van der Waals surface area contributed by atoms with Crippen LogP contribution in [-0.4, -0.2) is 41.2 Å². The maximum atomic E-state index is 11.1. The molecule has 4 nitrogen and oxygen atoms in total. The number of nitrogens with one attached hydrogen (secondary N) is 1. The van der Waals surface area contributed by atoms with Gasteiger partial charge in [0.1, 0.15) is 0 Å². The number of aliphatic hydroxyl groups is 1. The number of aliphatic hydroxyl groups excluding tert-OH is 1. The number of carbonyl (C=O) groups is 1. The smallest absolute Gasteiger partial charge is 0.234 e. The average Bonchev–Trinajstić information content (AvgIpc) is 2.15. The van der Waals surface area contributed by atoms with Crippen molar-refractivity contribution in [1.82, 2.24) is 5.32 Å². The number of hydrogen-bond acceptors (Lipinski definition) is 4. The summed E-state index contributed by atoms with van der Waals surface area (Å²) in [6.45, 7) is 4.22. The molecule has 0 aliphatic carbocycles. The van der Waals surface area contributed by atoms with Crippen LogP contribution in [-0.2, 0) is 4.79 Å². The number of amides is 1. The van der Waals surface area contributed by atoms with Crippen LogP contribution in [0, 0.1) is 0 Å². The highest BCUT2D eigenvalue weighted by Gasteiger charge is 2.14. The number of nitrogens with two attached hydrogens (primary N) is 1. The number of hydrogen-bond donors (Lipinski definition) is 3. The molecule has 0 aromatic carbocycles. The van der Waals surface area contributed by atoms with Gasteiger partial charge in [0.15, 0.2) is 0 Å². The summed E-state index contributed by atoms with van der Waals surface area (Å²) in [5, 5.41) is 11.7. The molecule has 0 aromatic heterocycles. The van der Waals surface area contributed by atoms with Gasteiger partial charge < -0.3 is 16.2 Å². The minimum absolute atomic E-state index is 0.230. The van der Waals surface area contributed by atoms with Gasteiger partial charge in [-0.05, 0) is 24.3 Å². The zero-order valence-corrected chi connectivity index (χ0v) is 10.3. The Labute approximate surface area is 96.0 Å². The van der Waals surface area contributed by atoms with E-state index >= 15 is 0 Å². The minimum Gasteiger partial charge on any atom is -0.396 e. The van der Waals surface area contributed by atoms with E-state index in [9.17, 15) is 4.79 Å². The van der Waals surface area contributed by atoms with Crippen LogP contribution in [0.2, 0.25) is 0 Å². The SMILES string of the molecule is CC(C)NC(CCSCCCO)C(N)=O. The van der Waals surface area contributed by atoms with Gasteiger partial charge in [-0.25, -0.2) is 0 Å². The molecule has 0 aliphatic heterocycles. The molecule has 0 radical (unpaired) electrons. The summed E-state index contributed by atoms with van der Waals surface area (Å²) in [4.78, 5) is 11.1. The first-order chi connectivity index (χ1) is 7.07. The van der Waals surface area contributed by atoms with Crippen molar-refractivity contribution >= 4 is 17.7 Å². The standard InChI is InChI=1S/C10H22N2O2S/c1-8(2)12-9(10(11)14)4-7-15-6-3-5-13/h8-9,12-13H,3-7H2,1-2H3,(H2,11,14). The summed E-state index contributed by atoms with van der Waals surface area (Å²) in [5.74, 6) is 1.54. The van der Waals surface area contributed by atoms with Crippen LogP contribution < -0.4 is 11.1 Å². The molecule has 90 valence electrons. The topological polar surface area (TPSA) is 75.3 Å². The van der Waals surface area contributed by atoms with Gasteiger partial charge in [-0.2, -0.15) is 11.8 Å². The molecule has 4 N–H and O–H groups in total. The van der Waals surface area contributed by atoms with Crippen LogP contribution in [0.3, 0.4) is 0 Å². The molecule has 0 saturated carbocycles. The molecule has 5 heteroatoms. The Morgan fingerprint density at radius 3 is 2.60 bits per heavy atom. The molecule has 0 aromatic rings. The van der Waals surface area contributed by atoms with Gasteiger partial charge in [-0.3, -0.25) is 4.79 Å². The lowest BCUT2D eigenvalue weighted by Gasteiger charge is -2.17. The summed E-state index contributed by atoms with van der Waals surface area (Å²) in [6, 6.07) is 0.0385. The largest absolute Gasteiger partial charge is 0.396 e. The quantitative estimate of drug-likeness (QED) is 0.503. The first-order valence-corrected chi connectivity index (χ1v) is 6.47. The molecule has 0 saturated heterocycles. The highest BCUT2D eigenvalue weighted by Crippen LogP contribution is 2.06. The van der Waals surface area contributed by atoms with Gasteiger partial charge in [0.2, 0.25) is 5.91 Å². The Balaban J connectivity index is 3.62. The molecule has 0 fully saturated rings. The van der Waals surface area contributed by atoms with Crippen molar-refractivity contribution in [3.05, 3.63) is 0 Å². The zero-order valence-electron chi connectivity index (χ0n) is 9.53. The number of carbonyl (C=O) groups excluding carboxylic acids is 1. The fourth-order valence-corrected chi connectivity index (χ4v) is 2.12. The van der Waals surface area contributed by atoms with E-state index in [0.29, 0.717) is 0 Å². The molecule has 0 rings (SSSR count). The maximum absolute atomic E-state index is 11.1. The van der Waals surface area contributed by atoms with Crippen LogP contribution in [0.5, 0.6) is 0 Å². The lowest BCUT2D eigenvalue weighted by atomic mass is 10.2. The molecule has 0 spiro atoms. The van der Waals surface area contributed by atoms with E-state index in [1.165, 1.54) is 0 Å². The zero-order chi connectivity index (χ0) is 11.7. The molecule has 1 atom stereocenters. The third-order valence-electron chi connectivity index (χ3n) is 1.88. The molecular formula is C10H22N2O2S. The van der Waals surface area contributed by atoms with Crippen molar-refractivity contribution in [2.75, 3.05) is 18.1 Å². The van der Waals surface area contributed by atoms with Crippen LogP contribution >= 0.6 is 11.8 Å². The van der Waals surface area contributed by atoms with Gasteiger partial charge in [-0.15, -0.1) is 0 Å². The molecule has 0 heterocycles. The molecule has 1 amide bonds. The normalized spacial score (nSPS) is 13.1. The molecule has 15 heavy (non-hydrogen) atoms. The van der Waals surface area contributed by atoms with Crippen LogP contribution in [0.25, 0.3) is 0 Å². The molecular weight excluding hydrogens is 212 g/mol. The van der Waals surface area contributed by atoms with Crippen molar-refractivity contribution < 1.29 is 9.90 Å². The van der Waals surface area contributed by atoms with Crippen LogP contribution in [0.4, 0.5) is 0 Å². The van der Waals surface area contributed by atoms with Gasteiger partial charge >= 0.3 is 0 Å². The van der Waals surface area contributed by atoms with Crippen molar-refractivity contribution in [2.24, 2.45) is 5.73 Å². The second-order valence-corrected chi connectivity index (χ2v) is 4.98. The third kappa shape index (κ3) is 8.72. The minimum atomic E-state index is -0.286. The molecule has 0 bridgehead atoms. The Morgan fingerprint density at radius 1 is 1.47 bits per heavy atom. The van der Waals surface area contributed by atoms with Crippen molar-refractivity contribution in [3.8, 4) is 0 Å². The summed E-state index contributed by atoms with van der Waals surface area (Å²) < 4.78 is 0. The summed E-state index contributed by atoms with van der Waals surface area (Å²) in [6.07, 6.45) is 1.56. The van der Waals surface area contributed by atoms with E-state index in [-0.39, 0.29) is 24.6 Å². The summed E-state index contributed by atoms with van der Waals surface area (Å²) >= 11 is 1.74. The first-order valence-electron chi connectivity index (χ1n) is 5.32. The number of thioether (sulfide) groups is 1. The van der Waals surface area contributed by atoms with Gasteiger partial charge in [0.25, 0.3) is 0 Å². The predicted octanol–water partition coefficient (Wildman–Crippen LogP) is 0.344. The van der Waals surface area contributed by atoms with Crippen LogP contribution in [0.15, 0.2) is 0 Å². The second kappa shape index (κ2) is 9.00. The fourth-order valence-electron chi connectivity index (χ4n) is 1.18. The first kappa shape index (κ1) is 14.7. The van der Waals surface area contributed by atoms with Crippen LogP contribution in [0.1, 0.15) is 26.7 Å². The lowest BCUT2D eigenvalue weighted by molar-refractivity contribution is -0.120. The van der Waals surface area contributed by atoms with E-state index in [0.717, 1.165) is 24.3 Å². The third-order valence-corrected chi connectivity index (χ3v) is 2.98. The second-order valence-electron chi connectivity index (χ2n) is 3.75. The van der Waals surface area contributed by atoms with E-state index in [4.69, 9.17) is 10.8 Å². The van der Waals surface area contributed by atoms with Gasteiger partial charge in [0.05, 0.1) is 6.04 Å². The highest BCUT2D eigenvalue weighted by atomic mass is 32.2. The fraction of sp³-hybridized carbons (Fsp3) is 0.900. The average molecular weight is 234 g/mol. The van der Waals surface area contributed by atoms with Crippen molar-refractivity contribution in [2.45, 2.75) is 38.8 Å². The van der Waals surface area contributed by atoms with Gasteiger partial charge in [0, 0.05) is 12.6 Å². The predicted molar refractivity (Wildman–Crippen MR) is 64.9 cm³/mol.